The van der Waals surface area contributed by atoms with Crippen LogP contribution in [-0.2, 0) is 0 Å². The lowest BCUT2D eigenvalue weighted by molar-refractivity contribution is 0.0689. The van der Waals surface area contributed by atoms with Crippen LogP contribution in [0.2, 0.25) is 0 Å². The van der Waals surface area contributed by atoms with Crippen LogP contribution in [0, 0.1) is 0 Å². The van der Waals surface area contributed by atoms with E-state index in [0.717, 1.165) is 24.7 Å². The molecular weight excluding hydrogens is 338 g/mol. The van der Waals surface area contributed by atoms with Gasteiger partial charge < -0.3 is 10.1 Å². The zero-order chi connectivity index (χ0) is 19.7. The summed E-state index contributed by atoms with van der Waals surface area (Å²) in [4.78, 5) is 49.1. The Morgan fingerprint density at radius 2 is 1.65 bits per heavy atom. The standard InChI is InChI=1S/C13H19NO.C5H4N2O4/c1-4-14(5-2)11(3)13(15)12-9-7-6-8-10-12;8-3-1-2(4(9)10)6-5(11)7-3/h6-11H,4-5H2,1-3H3;1H,(H,9,10)(H2,6,7,8,11). The predicted octanol–water partition coefficient (Wildman–Crippen LogP) is 1.36. The number of carboxylic acid groups (broad SMARTS) is 1. The predicted molar refractivity (Wildman–Crippen MR) is 97.8 cm³/mol. The van der Waals surface area contributed by atoms with Crippen LogP contribution in [0.25, 0.3) is 0 Å². The molecule has 0 radical (unpaired) electrons. The molecule has 0 fully saturated rings. The van der Waals surface area contributed by atoms with Crippen molar-refractivity contribution >= 4 is 11.8 Å². The van der Waals surface area contributed by atoms with Crippen molar-refractivity contribution in [3.8, 4) is 0 Å². The highest BCUT2D eigenvalue weighted by Gasteiger charge is 2.19. The van der Waals surface area contributed by atoms with Crippen LogP contribution in [0.5, 0.6) is 0 Å². The van der Waals surface area contributed by atoms with Crippen LogP contribution in [-0.4, -0.2) is 50.9 Å². The molecular formula is C18H23N3O5. The monoisotopic (exact) mass is 361 g/mol. The number of nitrogens with one attached hydrogen (secondary N) is 2. The molecule has 26 heavy (non-hydrogen) atoms. The Morgan fingerprint density at radius 1 is 1.08 bits per heavy atom. The zero-order valence-electron chi connectivity index (χ0n) is 15.0. The molecule has 0 saturated carbocycles. The summed E-state index contributed by atoms with van der Waals surface area (Å²) >= 11 is 0. The molecule has 1 atom stereocenters. The number of carbonyl (C=O) groups is 2. The molecule has 140 valence electrons. The topological polar surface area (TPSA) is 123 Å². The Balaban J connectivity index is 0.000000273. The van der Waals surface area contributed by atoms with Crippen LogP contribution in [0.1, 0.15) is 41.6 Å². The van der Waals surface area contributed by atoms with Gasteiger partial charge in [0.05, 0.1) is 6.04 Å². The minimum atomic E-state index is -1.34. The van der Waals surface area contributed by atoms with Gasteiger partial charge in [-0.25, -0.2) is 9.59 Å². The summed E-state index contributed by atoms with van der Waals surface area (Å²) in [7, 11) is 0. The van der Waals surface area contributed by atoms with Gasteiger partial charge in [-0.1, -0.05) is 44.2 Å². The van der Waals surface area contributed by atoms with Gasteiger partial charge in [0.15, 0.2) is 5.78 Å². The Kier molecular flexibility index (Phi) is 8.17. The van der Waals surface area contributed by atoms with Gasteiger partial charge in [-0.15, -0.1) is 0 Å². The highest BCUT2D eigenvalue weighted by atomic mass is 16.4. The lowest BCUT2D eigenvalue weighted by Crippen LogP contribution is -2.38. The summed E-state index contributed by atoms with van der Waals surface area (Å²) in [5.74, 6) is -1.13. The quantitative estimate of drug-likeness (QED) is 0.668. The number of nitrogens with zero attached hydrogens (tertiary/aromatic N) is 1. The number of aromatic carboxylic acids is 1. The van der Waals surface area contributed by atoms with Crippen molar-refractivity contribution in [2.75, 3.05) is 13.1 Å². The molecule has 0 spiro atoms. The molecule has 8 heteroatoms. The second kappa shape index (κ2) is 10.1. The van der Waals surface area contributed by atoms with E-state index in [9.17, 15) is 19.2 Å². The number of benzene rings is 1. The molecule has 1 aromatic heterocycles. The number of H-pyrrole nitrogens is 2. The van der Waals surface area contributed by atoms with Crippen molar-refractivity contribution < 1.29 is 14.7 Å². The number of hydrogen-bond acceptors (Lipinski definition) is 5. The van der Waals surface area contributed by atoms with Crippen LogP contribution in [0.15, 0.2) is 46.0 Å². The van der Waals surface area contributed by atoms with E-state index in [1.165, 1.54) is 0 Å². The largest absolute Gasteiger partial charge is 0.477 e. The van der Waals surface area contributed by atoms with Gasteiger partial charge in [0.2, 0.25) is 0 Å². The van der Waals surface area contributed by atoms with E-state index in [2.05, 4.69) is 18.7 Å². The second-order valence-electron chi connectivity index (χ2n) is 5.43. The molecule has 2 aromatic rings. The summed E-state index contributed by atoms with van der Waals surface area (Å²) in [5, 5.41) is 8.31. The number of carbonyl (C=O) groups excluding carboxylic acids is 1. The first-order chi connectivity index (χ1) is 12.3. The number of ketones is 1. The van der Waals surface area contributed by atoms with E-state index in [4.69, 9.17) is 5.11 Å². The summed E-state index contributed by atoms with van der Waals surface area (Å²) in [6.45, 7) is 7.96. The van der Waals surface area contributed by atoms with E-state index in [0.29, 0.717) is 0 Å². The van der Waals surface area contributed by atoms with Gasteiger partial charge in [-0.05, 0) is 20.0 Å². The molecule has 0 aliphatic rings. The number of aromatic nitrogens is 2. The second-order valence-corrected chi connectivity index (χ2v) is 5.43. The number of Topliss-reactive ketones (excluding diaryl/α,β-unsaturated/α-hetero) is 1. The number of rotatable bonds is 6. The van der Waals surface area contributed by atoms with Gasteiger partial charge in [0.1, 0.15) is 5.69 Å². The summed E-state index contributed by atoms with van der Waals surface area (Å²) < 4.78 is 0. The Hall–Kier alpha value is -3.00. The van der Waals surface area contributed by atoms with E-state index in [1.807, 2.05) is 47.2 Å². The lowest BCUT2D eigenvalue weighted by Gasteiger charge is -2.25. The third-order valence-corrected chi connectivity index (χ3v) is 3.79. The maximum atomic E-state index is 12.1. The van der Waals surface area contributed by atoms with Crippen molar-refractivity contribution in [1.29, 1.82) is 0 Å². The molecule has 0 aliphatic carbocycles. The fraction of sp³-hybridized carbons (Fsp3) is 0.333. The molecule has 0 saturated heterocycles. The average molecular weight is 361 g/mol. The first-order valence-corrected chi connectivity index (χ1v) is 8.20. The summed E-state index contributed by atoms with van der Waals surface area (Å²) in [6, 6.07) is 10.3. The van der Waals surface area contributed by atoms with Crippen molar-refractivity contribution in [2.45, 2.75) is 26.8 Å². The molecule has 1 unspecified atom stereocenters. The van der Waals surface area contributed by atoms with Gasteiger partial charge in [0, 0.05) is 11.6 Å². The number of aromatic amines is 2. The number of carboxylic acids is 1. The first-order valence-electron chi connectivity index (χ1n) is 8.20. The first kappa shape index (κ1) is 21.0. The van der Waals surface area contributed by atoms with Gasteiger partial charge in [0.25, 0.3) is 5.56 Å². The van der Waals surface area contributed by atoms with E-state index < -0.39 is 22.9 Å². The van der Waals surface area contributed by atoms with Crippen LogP contribution in [0.4, 0.5) is 0 Å². The van der Waals surface area contributed by atoms with Crippen LogP contribution < -0.4 is 11.2 Å². The van der Waals surface area contributed by atoms with Gasteiger partial charge in [-0.3, -0.25) is 19.5 Å². The molecule has 3 N–H and O–H groups in total. The maximum absolute atomic E-state index is 12.1. The Labute approximate surface area is 150 Å². The summed E-state index contributed by atoms with van der Waals surface area (Å²) in [6.07, 6.45) is 0. The zero-order valence-corrected chi connectivity index (χ0v) is 15.0. The minimum absolute atomic E-state index is 0.0256. The third-order valence-electron chi connectivity index (χ3n) is 3.79. The molecule has 0 amide bonds. The molecule has 8 nitrogen and oxygen atoms in total. The normalized spacial score (nSPS) is 11.4. The minimum Gasteiger partial charge on any atom is -0.477 e. The van der Waals surface area contributed by atoms with E-state index in [1.54, 1.807) is 0 Å². The van der Waals surface area contributed by atoms with Gasteiger partial charge >= 0.3 is 11.7 Å². The number of likely N-dealkylation sites (N-methyl/N-ethyl adjacent to an activating group) is 1. The Bertz CT molecular complexity index is 809. The van der Waals surface area contributed by atoms with Crippen molar-refractivity contribution in [2.24, 2.45) is 0 Å². The van der Waals surface area contributed by atoms with Crippen molar-refractivity contribution in [3.63, 3.8) is 0 Å². The van der Waals surface area contributed by atoms with Crippen molar-refractivity contribution in [3.05, 3.63) is 68.5 Å². The third kappa shape index (κ3) is 6.14. The maximum Gasteiger partial charge on any atom is 0.352 e. The fourth-order valence-corrected chi connectivity index (χ4v) is 2.36. The highest BCUT2D eigenvalue weighted by Crippen LogP contribution is 2.08. The van der Waals surface area contributed by atoms with Crippen molar-refractivity contribution in [1.82, 2.24) is 14.9 Å². The number of hydrogen-bond donors (Lipinski definition) is 3. The molecule has 1 heterocycles. The molecule has 1 aromatic carbocycles. The fourth-order valence-electron chi connectivity index (χ4n) is 2.36. The Morgan fingerprint density at radius 3 is 2.12 bits per heavy atom. The smallest absolute Gasteiger partial charge is 0.352 e. The molecule has 0 aliphatic heterocycles. The SMILES string of the molecule is CCN(CC)C(C)C(=O)c1ccccc1.O=C(O)c1cc(=O)[nH]c(=O)[nH]1. The van der Waals surface area contributed by atoms with E-state index >= 15 is 0 Å². The average Bonchev–Trinajstić information content (AvgIpc) is 2.62. The highest BCUT2D eigenvalue weighted by molar-refractivity contribution is 5.99. The van der Waals surface area contributed by atoms with Crippen LogP contribution in [0.3, 0.4) is 0 Å². The summed E-state index contributed by atoms with van der Waals surface area (Å²) in [5.41, 5.74) is -1.17. The molecule has 2 rings (SSSR count). The van der Waals surface area contributed by atoms with E-state index in [-0.39, 0.29) is 11.8 Å². The van der Waals surface area contributed by atoms with Gasteiger partial charge in [-0.2, -0.15) is 0 Å². The lowest BCUT2D eigenvalue weighted by atomic mass is 10.0. The molecule has 0 bridgehead atoms. The van der Waals surface area contributed by atoms with Crippen LogP contribution >= 0.6 is 0 Å².